The molecule has 0 bridgehead atoms. The van der Waals surface area contributed by atoms with Crippen molar-refractivity contribution in [3.63, 3.8) is 0 Å². The molecule has 1 atom stereocenters. The van der Waals surface area contributed by atoms with E-state index in [2.05, 4.69) is 0 Å². The highest BCUT2D eigenvalue weighted by Gasteiger charge is 2.17. The average molecular weight is 130 g/mol. The zero-order chi connectivity index (χ0) is 7.49. The molecule has 0 fully saturated rings. The molecule has 0 amide bonds. The van der Waals surface area contributed by atoms with Gasteiger partial charge < -0.3 is 5.21 Å². The maximum atomic E-state index is 10.6. The van der Waals surface area contributed by atoms with Gasteiger partial charge in [0.1, 0.15) is 5.54 Å². The Morgan fingerprint density at radius 2 is 2.00 bits per heavy atom. The van der Waals surface area contributed by atoms with Crippen LogP contribution in [-0.2, 0) is 0 Å². The molecule has 0 saturated carbocycles. The van der Waals surface area contributed by atoms with Crippen molar-refractivity contribution in [1.82, 2.24) is 0 Å². The van der Waals surface area contributed by atoms with E-state index in [1.807, 2.05) is 13.0 Å². The van der Waals surface area contributed by atoms with Crippen molar-refractivity contribution in [1.29, 1.82) is 0 Å². The number of nitrogens with one attached hydrogen (secondary N) is 1. The van der Waals surface area contributed by atoms with Gasteiger partial charge in [-0.05, 0) is 26.8 Å². The predicted molar refractivity (Wildman–Crippen MR) is 37.4 cm³/mol. The normalized spacial score (nSPS) is 16.6. The maximum Gasteiger partial charge on any atom is 0.127 e. The molecule has 0 spiro atoms. The molecule has 0 aliphatic rings. The molecule has 0 aliphatic heterocycles. The van der Waals surface area contributed by atoms with E-state index in [4.69, 9.17) is 5.84 Å². The second-order valence-corrected chi connectivity index (χ2v) is 2.59. The fourth-order valence-electron chi connectivity index (χ4n) is 0.499. The first-order chi connectivity index (χ1) is 4.00. The molecule has 0 aliphatic carbocycles. The van der Waals surface area contributed by atoms with Crippen molar-refractivity contribution in [3.05, 3.63) is 17.4 Å². The first kappa shape index (κ1) is 8.62. The third kappa shape index (κ3) is 2.60. The molecule has 0 aromatic carbocycles. The Balaban J connectivity index is 4.01. The van der Waals surface area contributed by atoms with Gasteiger partial charge in [0.2, 0.25) is 0 Å². The summed E-state index contributed by atoms with van der Waals surface area (Å²) in [6.45, 7) is 5.44. The van der Waals surface area contributed by atoms with E-state index in [1.165, 1.54) is 0 Å². The molecular weight excluding hydrogens is 116 g/mol. The summed E-state index contributed by atoms with van der Waals surface area (Å²) in [5.74, 6) is 5.07. The molecule has 9 heavy (non-hydrogen) atoms. The highest BCUT2D eigenvalue weighted by molar-refractivity contribution is 4.92. The molecule has 0 aromatic heterocycles. The van der Waals surface area contributed by atoms with Crippen molar-refractivity contribution < 1.29 is 5.17 Å². The Labute approximate surface area is 55.7 Å². The smallest absolute Gasteiger partial charge is 0.127 e. The number of hydrogen-bond acceptors (Lipinski definition) is 2. The van der Waals surface area contributed by atoms with Gasteiger partial charge in [-0.15, -0.1) is 0 Å². The van der Waals surface area contributed by atoms with Gasteiger partial charge in [0.25, 0.3) is 0 Å². The monoisotopic (exact) mass is 130 g/mol. The minimum atomic E-state index is -0.491. The van der Waals surface area contributed by atoms with Crippen LogP contribution in [0.25, 0.3) is 0 Å². The van der Waals surface area contributed by atoms with Crippen LogP contribution in [0.1, 0.15) is 20.8 Å². The number of hydroxylamine groups is 1. The minimum Gasteiger partial charge on any atom is -0.613 e. The summed E-state index contributed by atoms with van der Waals surface area (Å²) in [4.78, 5) is 0. The van der Waals surface area contributed by atoms with Crippen LogP contribution in [0, 0.1) is 5.21 Å². The van der Waals surface area contributed by atoms with Crippen LogP contribution >= 0.6 is 0 Å². The van der Waals surface area contributed by atoms with Crippen LogP contribution in [0.4, 0.5) is 0 Å². The average Bonchev–Trinajstić information content (AvgIpc) is 1.65. The lowest BCUT2D eigenvalue weighted by Gasteiger charge is -2.30. The molecule has 54 valence electrons. The Morgan fingerprint density at radius 1 is 1.56 bits per heavy atom. The SMILES string of the molecule is C/C=C\C(C)(C)[NH+](N)[O-]. The fourth-order valence-corrected chi connectivity index (χ4v) is 0.499. The highest BCUT2D eigenvalue weighted by atomic mass is 16.5. The molecule has 1 unspecified atom stereocenters. The van der Waals surface area contributed by atoms with Crippen molar-refractivity contribution in [2.75, 3.05) is 0 Å². The summed E-state index contributed by atoms with van der Waals surface area (Å²) in [5.41, 5.74) is -0.491. The van der Waals surface area contributed by atoms with Gasteiger partial charge in [-0.1, -0.05) is 6.08 Å². The van der Waals surface area contributed by atoms with Gasteiger partial charge in [-0.3, -0.25) is 5.17 Å². The largest absolute Gasteiger partial charge is 0.613 e. The van der Waals surface area contributed by atoms with E-state index < -0.39 is 5.54 Å². The van der Waals surface area contributed by atoms with Crippen LogP contribution in [-0.4, -0.2) is 5.54 Å². The standard InChI is InChI=1S/C6H14N2O/c1-4-5-6(2,3)8(7)9/h4-5,8H,7H2,1-3H3/b5-4-. The maximum absolute atomic E-state index is 10.6. The Bertz CT molecular complexity index is 108. The lowest BCUT2D eigenvalue weighted by Crippen LogP contribution is -3.20. The van der Waals surface area contributed by atoms with E-state index >= 15 is 0 Å². The second kappa shape index (κ2) is 2.96. The van der Waals surface area contributed by atoms with Crippen LogP contribution in [0.3, 0.4) is 0 Å². The summed E-state index contributed by atoms with van der Waals surface area (Å²) in [6.07, 6.45) is 3.61. The molecule has 0 radical (unpaired) electrons. The van der Waals surface area contributed by atoms with Crippen molar-refractivity contribution in [3.8, 4) is 0 Å². The summed E-state index contributed by atoms with van der Waals surface area (Å²) < 4.78 is 0. The topological polar surface area (TPSA) is 53.5 Å². The summed E-state index contributed by atoms with van der Waals surface area (Å²) >= 11 is 0. The van der Waals surface area contributed by atoms with E-state index in [9.17, 15) is 5.21 Å². The number of hydrogen-bond donors (Lipinski definition) is 2. The molecule has 3 nitrogen and oxygen atoms in total. The van der Waals surface area contributed by atoms with Gasteiger partial charge in [0.05, 0.1) is 0 Å². The van der Waals surface area contributed by atoms with Crippen LogP contribution < -0.4 is 11.0 Å². The van der Waals surface area contributed by atoms with Gasteiger partial charge >= 0.3 is 0 Å². The third-order valence-electron chi connectivity index (χ3n) is 1.22. The lowest BCUT2D eigenvalue weighted by molar-refractivity contribution is -0.904. The molecule has 3 heteroatoms. The van der Waals surface area contributed by atoms with E-state index in [0.717, 1.165) is 0 Å². The Hall–Kier alpha value is -0.380. The van der Waals surface area contributed by atoms with Crippen LogP contribution in [0.2, 0.25) is 0 Å². The number of rotatable bonds is 2. The number of quaternary nitrogens is 1. The summed E-state index contributed by atoms with van der Waals surface area (Å²) in [5, 5.41) is 10.3. The molecule has 0 rings (SSSR count). The van der Waals surface area contributed by atoms with Gasteiger partial charge in [0.15, 0.2) is 0 Å². The summed E-state index contributed by atoms with van der Waals surface area (Å²) in [7, 11) is 0. The zero-order valence-electron chi connectivity index (χ0n) is 6.14. The van der Waals surface area contributed by atoms with Crippen molar-refractivity contribution in [2.45, 2.75) is 26.3 Å². The Kier molecular flexibility index (Phi) is 2.84. The van der Waals surface area contributed by atoms with Crippen molar-refractivity contribution >= 4 is 0 Å². The predicted octanol–water partition coefficient (Wildman–Crippen LogP) is -0.402. The zero-order valence-corrected chi connectivity index (χ0v) is 6.14. The Morgan fingerprint density at radius 3 is 2.11 bits per heavy atom. The molecule has 3 N–H and O–H groups in total. The quantitative estimate of drug-likeness (QED) is 0.303. The van der Waals surface area contributed by atoms with E-state index in [1.54, 1.807) is 19.9 Å². The summed E-state index contributed by atoms with van der Waals surface area (Å²) in [6, 6.07) is 0. The van der Waals surface area contributed by atoms with Gasteiger partial charge in [-0.2, -0.15) is 5.84 Å². The van der Waals surface area contributed by atoms with E-state index in [-0.39, 0.29) is 5.17 Å². The number of allylic oxidation sites excluding steroid dienone is 1. The van der Waals surface area contributed by atoms with Crippen LogP contribution in [0.15, 0.2) is 12.2 Å². The second-order valence-electron chi connectivity index (χ2n) is 2.59. The van der Waals surface area contributed by atoms with Crippen LogP contribution in [0.5, 0.6) is 0 Å². The molecular formula is C6H14N2O. The fraction of sp³-hybridized carbons (Fsp3) is 0.667. The third-order valence-corrected chi connectivity index (χ3v) is 1.22. The first-order valence-electron chi connectivity index (χ1n) is 2.94. The first-order valence-corrected chi connectivity index (χ1v) is 2.94. The lowest BCUT2D eigenvalue weighted by atomic mass is 10.1. The van der Waals surface area contributed by atoms with Crippen molar-refractivity contribution in [2.24, 2.45) is 5.84 Å². The molecule has 0 aromatic rings. The van der Waals surface area contributed by atoms with Gasteiger partial charge in [-0.25, -0.2) is 0 Å². The highest BCUT2D eigenvalue weighted by Crippen LogP contribution is 1.95. The van der Waals surface area contributed by atoms with Gasteiger partial charge in [0, 0.05) is 0 Å². The molecule has 0 saturated heterocycles. The minimum absolute atomic E-state index is 0.291. The molecule has 0 heterocycles. The van der Waals surface area contributed by atoms with E-state index in [0.29, 0.717) is 0 Å². The number of nitrogens with two attached hydrogens (primary N) is 1.